The van der Waals surface area contributed by atoms with Crippen molar-refractivity contribution in [1.82, 2.24) is 0 Å². The first-order chi connectivity index (χ1) is 9.31. The van der Waals surface area contributed by atoms with Crippen LogP contribution in [0.5, 0.6) is 0 Å². The van der Waals surface area contributed by atoms with Crippen LogP contribution in [0, 0.1) is 6.92 Å². The van der Waals surface area contributed by atoms with Gasteiger partial charge in [0.05, 0.1) is 0 Å². The molecule has 0 nitrogen and oxygen atoms in total. The summed E-state index contributed by atoms with van der Waals surface area (Å²) >= 11 is 0. The van der Waals surface area contributed by atoms with Crippen molar-refractivity contribution in [2.24, 2.45) is 0 Å². The molecule has 19 heavy (non-hydrogen) atoms. The topological polar surface area (TPSA) is 0 Å². The predicted molar refractivity (Wildman–Crippen MR) is 83.2 cm³/mol. The van der Waals surface area contributed by atoms with Crippen LogP contribution in [0.15, 0.2) is 60.7 Å². The molecule has 2 atom stereocenters. The molecule has 0 heterocycles. The van der Waals surface area contributed by atoms with Crippen molar-refractivity contribution in [1.29, 1.82) is 0 Å². The molecule has 2 aromatic carbocycles. The molecule has 0 saturated carbocycles. The van der Waals surface area contributed by atoms with E-state index in [1.807, 2.05) is 0 Å². The number of rotatable bonds is 6. The lowest BCUT2D eigenvalue weighted by Crippen LogP contribution is -2.04. The minimum absolute atomic E-state index is 0.595. The highest BCUT2D eigenvalue weighted by Gasteiger charge is 2.15. The van der Waals surface area contributed by atoms with Gasteiger partial charge in [-0.15, -0.1) is 0 Å². The molecular weight excluding hydrogens is 228 g/mol. The van der Waals surface area contributed by atoms with Crippen LogP contribution < -0.4 is 0 Å². The molecule has 2 unspecified atom stereocenters. The Bertz CT molecular complexity index is 458. The first-order valence-electron chi connectivity index (χ1n) is 7.20. The molecule has 0 N–H and O–H groups in total. The minimum atomic E-state index is 0.595. The molecule has 2 rings (SSSR count). The molecule has 0 aromatic heterocycles. The van der Waals surface area contributed by atoms with Crippen LogP contribution in [-0.4, -0.2) is 0 Å². The number of benzene rings is 2. The number of hydrogen-bond acceptors (Lipinski definition) is 0. The molecule has 0 spiro atoms. The van der Waals surface area contributed by atoms with Crippen molar-refractivity contribution >= 4 is 0 Å². The zero-order chi connectivity index (χ0) is 13.5. The lowest BCUT2D eigenvalue weighted by molar-refractivity contribution is 0.528. The Morgan fingerprint density at radius 3 is 1.89 bits per heavy atom. The fourth-order valence-corrected chi connectivity index (χ4v) is 2.74. The summed E-state index contributed by atoms with van der Waals surface area (Å²) in [7, 11) is 0. The first-order valence-corrected chi connectivity index (χ1v) is 7.20. The van der Waals surface area contributed by atoms with Gasteiger partial charge in [-0.05, 0) is 35.8 Å². The fourth-order valence-electron chi connectivity index (χ4n) is 2.74. The van der Waals surface area contributed by atoms with Gasteiger partial charge in [-0.1, -0.05) is 80.9 Å². The number of hydrogen-bond donors (Lipinski definition) is 0. The standard InChI is InChI=1S/C19H23/c1-3-10-19(18-13-8-5-9-14-18)15-16(2)17-11-6-4-7-12-17/h4-9,11-14,16,19H,1,3,10,15H2,2H3. The molecule has 0 heteroatoms. The Kier molecular flexibility index (Phi) is 5.20. The van der Waals surface area contributed by atoms with Gasteiger partial charge >= 0.3 is 0 Å². The van der Waals surface area contributed by atoms with Crippen molar-refractivity contribution in [3.05, 3.63) is 78.7 Å². The zero-order valence-corrected chi connectivity index (χ0v) is 11.8. The van der Waals surface area contributed by atoms with Crippen LogP contribution in [-0.2, 0) is 0 Å². The van der Waals surface area contributed by atoms with Gasteiger partial charge in [0, 0.05) is 0 Å². The van der Waals surface area contributed by atoms with Crippen molar-refractivity contribution in [2.45, 2.75) is 38.0 Å². The van der Waals surface area contributed by atoms with E-state index in [2.05, 4.69) is 74.5 Å². The Morgan fingerprint density at radius 2 is 1.37 bits per heavy atom. The Morgan fingerprint density at radius 1 is 0.842 bits per heavy atom. The van der Waals surface area contributed by atoms with Crippen LogP contribution in [0.25, 0.3) is 0 Å². The van der Waals surface area contributed by atoms with Gasteiger partial charge in [0.25, 0.3) is 0 Å². The van der Waals surface area contributed by atoms with Gasteiger partial charge in [-0.3, -0.25) is 0 Å². The molecule has 99 valence electrons. The second-order valence-electron chi connectivity index (χ2n) is 5.30. The lowest BCUT2D eigenvalue weighted by atomic mass is 9.84. The summed E-state index contributed by atoms with van der Waals surface area (Å²) in [5.74, 6) is 1.21. The summed E-state index contributed by atoms with van der Waals surface area (Å²) in [5, 5.41) is 0. The van der Waals surface area contributed by atoms with Crippen LogP contribution in [0.3, 0.4) is 0 Å². The lowest BCUT2D eigenvalue weighted by Gasteiger charge is -2.21. The van der Waals surface area contributed by atoms with Crippen molar-refractivity contribution in [3.63, 3.8) is 0 Å². The molecular formula is C19H23. The third-order valence-electron chi connectivity index (χ3n) is 3.83. The molecule has 0 aliphatic rings. The highest BCUT2D eigenvalue weighted by Crippen LogP contribution is 2.32. The predicted octanol–water partition coefficient (Wildman–Crippen LogP) is 5.58. The third kappa shape index (κ3) is 3.96. The van der Waals surface area contributed by atoms with Crippen LogP contribution >= 0.6 is 0 Å². The van der Waals surface area contributed by atoms with E-state index in [9.17, 15) is 0 Å². The van der Waals surface area contributed by atoms with Crippen molar-refractivity contribution in [3.8, 4) is 0 Å². The second kappa shape index (κ2) is 7.13. The van der Waals surface area contributed by atoms with E-state index < -0.39 is 0 Å². The highest BCUT2D eigenvalue weighted by atomic mass is 14.2. The Labute approximate surface area is 117 Å². The summed E-state index contributed by atoms with van der Waals surface area (Å²) in [4.78, 5) is 0. The molecule has 1 radical (unpaired) electrons. The first kappa shape index (κ1) is 13.9. The average molecular weight is 251 g/mol. The molecule has 0 fully saturated rings. The van der Waals surface area contributed by atoms with Gasteiger partial charge < -0.3 is 0 Å². The molecule has 0 amide bonds. The van der Waals surface area contributed by atoms with E-state index in [1.54, 1.807) is 0 Å². The van der Waals surface area contributed by atoms with Gasteiger partial charge in [0.1, 0.15) is 0 Å². The molecule has 0 saturated heterocycles. The molecule has 2 aromatic rings. The maximum Gasteiger partial charge on any atom is -0.0156 e. The van der Waals surface area contributed by atoms with Crippen LogP contribution in [0.1, 0.15) is 49.1 Å². The van der Waals surface area contributed by atoms with E-state index in [-0.39, 0.29) is 0 Å². The van der Waals surface area contributed by atoms with Gasteiger partial charge in [0.15, 0.2) is 0 Å². The summed E-state index contributed by atoms with van der Waals surface area (Å²) < 4.78 is 0. The van der Waals surface area contributed by atoms with Gasteiger partial charge in [-0.25, -0.2) is 0 Å². The Balaban J connectivity index is 2.09. The second-order valence-corrected chi connectivity index (χ2v) is 5.30. The van der Waals surface area contributed by atoms with Crippen molar-refractivity contribution in [2.75, 3.05) is 0 Å². The molecule has 0 bridgehead atoms. The third-order valence-corrected chi connectivity index (χ3v) is 3.83. The van der Waals surface area contributed by atoms with Crippen molar-refractivity contribution < 1.29 is 0 Å². The zero-order valence-electron chi connectivity index (χ0n) is 11.8. The highest BCUT2D eigenvalue weighted by molar-refractivity contribution is 5.23. The smallest absolute Gasteiger partial charge is 0.0156 e. The Hall–Kier alpha value is -1.56. The maximum atomic E-state index is 4.03. The van der Waals surface area contributed by atoms with E-state index in [4.69, 9.17) is 0 Å². The van der Waals surface area contributed by atoms with Crippen LogP contribution in [0.2, 0.25) is 0 Å². The summed E-state index contributed by atoms with van der Waals surface area (Å²) in [6, 6.07) is 21.7. The van der Waals surface area contributed by atoms with E-state index in [0.29, 0.717) is 11.8 Å². The molecule has 0 aliphatic carbocycles. The van der Waals surface area contributed by atoms with E-state index in [1.165, 1.54) is 24.0 Å². The quantitative estimate of drug-likeness (QED) is 0.629. The average Bonchev–Trinajstić information content (AvgIpc) is 2.48. The fraction of sp³-hybridized carbons (Fsp3) is 0.316. The largest absolute Gasteiger partial charge is 0.0622 e. The minimum Gasteiger partial charge on any atom is -0.0622 e. The monoisotopic (exact) mass is 251 g/mol. The van der Waals surface area contributed by atoms with Gasteiger partial charge in [0.2, 0.25) is 0 Å². The van der Waals surface area contributed by atoms with E-state index >= 15 is 0 Å². The van der Waals surface area contributed by atoms with E-state index in [0.717, 1.165) is 6.42 Å². The maximum absolute atomic E-state index is 4.03. The van der Waals surface area contributed by atoms with Crippen LogP contribution in [0.4, 0.5) is 0 Å². The molecule has 0 aliphatic heterocycles. The normalized spacial score (nSPS) is 14.0. The summed E-state index contributed by atoms with van der Waals surface area (Å²) in [6.07, 6.45) is 3.37. The summed E-state index contributed by atoms with van der Waals surface area (Å²) in [6.45, 7) is 6.36. The summed E-state index contributed by atoms with van der Waals surface area (Å²) in [5.41, 5.74) is 2.89. The van der Waals surface area contributed by atoms with Gasteiger partial charge in [-0.2, -0.15) is 0 Å². The SMILES string of the molecule is [CH2]CCC(CC(C)c1ccccc1)c1ccccc1.